The molecule has 0 saturated carbocycles. The van der Waals surface area contributed by atoms with Gasteiger partial charge >= 0.3 is 150 Å². The molecule has 3 aromatic carbocycles. The summed E-state index contributed by atoms with van der Waals surface area (Å²) in [7, 11) is 0. The summed E-state index contributed by atoms with van der Waals surface area (Å²) >= 11 is -0.589. The van der Waals surface area contributed by atoms with E-state index < -0.39 is 12.8 Å². The van der Waals surface area contributed by atoms with E-state index in [0.717, 1.165) is 0 Å². The second-order valence-electron chi connectivity index (χ2n) is 5.48. The third kappa shape index (κ3) is 2.53. The summed E-state index contributed by atoms with van der Waals surface area (Å²) in [6.45, 7) is 0. The van der Waals surface area contributed by atoms with Crippen LogP contribution in [0.2, 0.25) is 0 Å². The van der Waals surface area contributed by atoms with Gasteiger partial charge < -0.3 is 0 Å². The summed E-state index contributed by atoms with van der Waals surface area (Å²) in [4.78, 5) is 0. The molecule has 0 aliphatic carbocycles. The fourth-order valence-electron chi connectivity index (χ4n) is 3.07. The molecule has 0 radical (unpaired) electrons. The molecular weight excluding hydrogens is 375 g/mol. The molecule has 0 saturated heterocycles. The van der Waals surface area contributed by atoms with Crippen molar-refractivity contribution in [3.05, 3.63) is 109 Å². The fourth-order valence-corrected chi connectivity index (χ4v) is 13.7. The standard InChI is InChI=1S/C22H18SSe/c1-4-11-19(12-5-1)24(22-17-10-18-23-22,20-13-6-2-7-14-20)21-15-8-3-9-16-21/h1-18H. The van der Waals surface area contributed by atoms with Gasteiger partial charge in [0.15, 0.2) is 0 Å². The molecule has 1 aromatic heterocycles. The van der Waals surface area contributed by atoms with Crippen molar-refractivity contribution in [1.29, 1.82) is 0 Å². The number of hydrogen-bond acceptors (Lipinski definition) is 1. The van der Waals surface area contributed by atoms with Gasteiger partial charge in [0.1, 0.15) is 0 Å². The molecule has 2 heteroatoms. The molecule has 24 heavy (non-hydrogen) atoms. The van der Waals surface area contributed by atoms with Crippen molar-refractivity contribution in [1.82, 2.24) is 0 Å². The third-order valence-corrected chi connectivity index (χ3v) is 14.4. The second-order valence-corrected chi connectivity index (χ2v) is 13.5. The first-order valence-electron chi connectivity index (χ1n) is 7.94. The van der Waals surface area contributed by atoms with E-state index >= 15 is 0 Å². The molecule has 0 nitrogen and oxygen atoms in total. The molecule has 118 valence electrons. The molecule has 4 rings (SSSR count). The third-order valence-electron chi connectivity index (χ3n) is 4.09. The summed E-state index contributed by atoms with van der Waals surface area (Å²) < 4.78 is 5.85. The van der Waals surface area contributed by atoms with Gasteiger partial charge in [0.2, 0.25) is 0 Å². The van der Waals surface area contributed by atoms with Gasteiger partial charge in [-0.1, -0.05) is 0 Å². The van der Waals surface area contributed by atoms with Crippen LogP contribution in [0.25, 0.3) is 0 Å². The zero-order chi connectivity index (χ0) is 16.2. The SMILES string of the molecule is c1ccc([Se](c2ccccc2)(c2ccccc2)c2cccs2)cc1. The Morgan fingerprint density at radius 2 is 0.875 bits per heavy atom. The molecule has 0 amide bonds. The number of thiophene rings is 1. The number of benzene rings is 3. The Kier molecular flexibility index (Phi) is 4.35. The maximum atomic E-state index is 2.32. The Balaban J connectivity index is 2.12. The first kappa shape index (κ1) is 15.4. The van der Waals surface area contributed by atoms with Crippen molar-refractivity contribution in [2.45, 2.75) is 0 Å². The van der Waals surface area contributed by atoms with Crippen LogP contribution in [0.4, 0.5) is 0 Å². The Morgan fingerprint density at radius 1 is 0.458 bits per heavy atom. The average Bonchev–Trinajstić information content (AvgIpc) is 3.20. The van der Waals surface area contributed by atoms with E-state index in [-0.39, 0.29) is 0 Å². The van der Waals surface area contributed by atoms with E-state index in [2.05, 4.69) is 109 Å². The van der Waals surface area contributed by atoms with E-state index in [0.29, 0.717) is 0 Å². The number of rotatable bonds is 4. The predicted molar refractivity (Wildman–Crippen MR) is 108 cm³/mol. The minimum atomic E-state index is -2.47. The van der Waals surface area contributed by atoms with Gasteiger partial charge in [0.25, 0.3) is 0 Å². The van der Waals surface area contributed by atoms with Crippen LogP contribution in [0.5, 0.6) is 0 Å². The van der Waals surface area contributed by atoms with Crippen LogP contribution in [0.1, 0.15) is 0 Å². The van der Waals surface area contributed by atoms with Gasteiger partial charge in [0.05, 0.1) is 0 Å². The Bertz CT molecular complexity index is 788. The van der Waals surface area contributed by atoms with Crippen molar-refractivity contribution < 1.29 is 0 Å². The van der Waals surface area contributed by atoms with Crippen LogP contribution in [-0.2, 0) is 0 Å². The van der Waals surface area contributed by atoms with Crippen LogP contribution in [0, 0.1) is 0 Å². The summed E-state index contributed by atoms with van der Waals surface area (Å²) in [5.41, 5.74) is 0. The van der Waals surface area contributed by atoms with Gasteiger partial charge in [-0.05, 0) is 0 Å². The van der Waals surface area contributed by atoms with Crippen LogP contribution >= 0.6 is 11.3 Å². The van der Waals surface area contributed by atoms with E-state index in [1.807, 2.05) is 11.3 Å². The second kappa shape index (κ2) is 6.78. The molecule has 1 heterocycles. The molecule has 0 aliphatic rings. The molecule has 0 aliphatic heterocycles. The zero-order valence-electron chi connectivity index (χ0n) is 13.2. The summed E-state index contributed by atoms with van der Waals surface area (Å²) in [6, 6.07) is 37.7. The first-order valence-corrected chi connectivity index (χ1v) is 12.2. The Morgan fingerprint density at radius 3 is 1.21 bits per heavy atom. The molecule has 0 N–H and O–H groups in total. The van der Waals surface area contributed by atoms with E-state index in [9.17, 15) is 0 Å². The maximum absolute atomic E-state index is 2.47. The average molecular weight is 393 g/mol. The number of hydrogen-bond donors (Lipinski definition) is 0. The van der Waals surface area contributed by atoms with Crippen LogP contribution in [0.3, 0.4) is 0 Å². The van der Waals surface area contributed by atoms with Crippen molar-refractivity contribution in [2.75, 3.05) is 0 Å². The minimum absolute atomic E-state index is 1.45. The van der Waals surface area contributed by atoms with E-state index in [4.69, 9.17) is 0 Å². The van der Waals surface area contributed by atoms with Gasteiger partial charge in [-0.3, -0.25) is 0 Å². The van der Waals surface area contributed by atoms with Crippen molar-refractivity contribution in [2.24, 2.45) is 0 Å². The predicted octanol–water partition coefficient (Wildman–Crippen LogP) is 3.13. The first-order chi connectivity index (χ1) is 11.9. The Hall–Kier alpha value is -2.12. The Labute approximate surface area is 149 Å². The summed E-state index contributed by atoms with van der Waals surface area (Å²) in [6.07, 6.45) is 0. The molecule has 0 unspecified atom stereocenters. The van der Waals surface area contributed by atoms with Crippen LogP contribution in [0.15, 0.2) is 109 Å². The van der Waals surface area contributed by atoms with E-state index in [1.165, 1.54) is 17.2 Å². The van der Waals surface area contributed by atoms with Crippen LogP contribution in [-0.4, -0.2) is 12.8 Å². The molecule has 0 fully saturated rings. The van der Waals surface area contributed by atoms with Crippen molar-refractivity contribution in [3.8, 4) is 0 Å². The van der Waals surface area contributed by atoms with Gasteiger partial charge in [-0.25, -0.2) is 0 Å². The molecule has 0 spiro atoms. The fraction of sp³-hybridized carbons (Fsp3) is 0. The summed E-state index contributed by atoms with van der Waals surface area (Å²) in [5.74, 6) is 0. The monoisotopic (exact) mass is 394 g/mol. The van der Waals surface area contributed by atoms with Crippen molar-refractivity contribution in [3.63, 3.8) is 0 Å². The summed E-state index contributed by atoms with van der Waals surface area (Å²) in [5, 5.41) is 2.20. The van der Waals surface area contributed by atoms with Crippen molar-refractivity contribution >= 4 is 41.3 Å². The van der Waals surface area contributed by atoms with Gasteiger partial charge in [0, 0.05) is 0 Å². The topological polar surface area (TPSA) is 0 Å². The molecule has 0 atom stereocenters. The molecule has 4 aromatic rings. The van der Waals surface area contributed by atoms with E-state index in [1.54, 1.807) is 0 Å². The van der Waals surface area contributed by atoms with Gasteiger partial charge in [-0.15, -0.1) is 0 Å². The normalized spacial score (nSPS) is 12.0. The van der Waals surface area contributed by atoms with Crippen LogP contribution < -0.4 is 17.2 Å². The molecular formula is C22H18SSe. The van der Waals surface area contributed by atoms with Gasteiger partial charge in [-0.2, -0.15) is 0 Å². The zero-order valence-corrected chi connectivity index (χ0v) is 15.7. The quantitative estimate of drug-likeness (QED) is 0.468. The molecule has 0 bridgehead atoms.